The molecule has 0 unspecified atom stereocenters. The van der Waals surface area contributed by atoms with Crippen LogP contribution in [-0.2, 0) is 0 Å². The van der Waals surface area contributed by atoms with E-state index in [1.165, 1.54) is 26.6 Å². The number of benzene rings is 3. The van der Waals surface area contributed by atoms with Crippen LogP contribution < -0.4 is 4.90 Å². The van der Waals surface area contributed by atoms with E-state index in [2.05, 4.69) is 61.2 Å². The molecular weight excluding hydrogens is 376 g/mol. The standard InChI is InChI=1S/C25H26N2OS/c1-19-12-13-23(20(2)18-19)29-24-11-7-6-10-22(24)26-14-16-27(17-15-26)25(28)21-8-4-3-5-9-21/h3-13,18H,14-17H2,1-2H3. The molecule has 0 saturated carbocycles. The molecule has 1 saturated heterocycles. The van der Waals surface area contributed by atoms with Gasteiger partial charge in [-0.15, -0.1) is 0 Å². The van der Waals surface area contributed by atoms with Crippen LogP contribution >= 0.6 is 11.8 Å². The molecule has 0 radical (unpaired) electrons. The molecule has 1 fully saturated rings. The van der Waals surface area contributed by atoms with Gasteiger partial charge in [-0.1, -0.05) is 59.8 Å². The summed E-state index contributed by atoms with van der Waals surface area (Å²) in [6.45, 7) is 7.50. The number of amides is 1. The number of para-hydroxylation sites is 1. The lowest BCUT2D eigenvalue weighted by atomic mass is 10.1. The molecule has 0 N–H and O–H groups in total. The van der Waals surface area contributed by atoms with Crippen molar-refractivity contribution in [3.05, 3.63) is 89.5 Å². The number of piperazine rings is 1. The molecule has 29 heavy (non-hydrogen) atoms. The lowest BCUT2D eigenvalue weighted by Crippen LogP contribution is -2.48. The zero-order chi connectivity index (χ0) is 20.2. The van der Waals surface area contributed by atoms with Crippen molar-refractivity contribution in [2.24, 2.45) is 0 Å². The van der Waals surface area contributed by atoms with E-state index in [-0.39, 0.29) is 5.91 Å². The third kappa shape index (κ3) is 4.48. The van der Waals surface area contributed by atoms with Crippen LogP contribution in [-0.4, -0.2) is 37.0 Å². The maximum Gasteiger partial charge on any atom is 0.253 e. The van der Waals surface area contributed by atoms with Gasteiger partial charge in [0.15, 0.2) is 0 Å². The maximum atomic E-state index is 12.7. The number of hydrogen-bond acceptors (Lipinski definition) is 3. The van der Waals surface area contributed by atoms with Gasteiger partial charge >= 0.3 is 0 Å². The van der Waals surface area contributed by atoms with Crippen molar-refractivity contribution in [1.29, 1.82) is 0 Å². The fraction of sp³-hybridized carbons (Fsp3) is 0.240. The van der Waals surface area contributed by atoms with Crippen LogP contribution in [0.5, 0.6) is 0 Å². The van der Waals surface area contributed by atoms with Crippen LogP contribution in [0.15, 0.2) is 82.6 Å². The number of nitrogens with zero attached hydrogens (tertiary/aromatic N) is 2. The van der Waals surface area contributed by atoms with Gasteiger partial charge in [0.05, 0.1) is 5.69 Å². The second-order valence-corrected chi connectivity index (χ2v) is 8.57. The number of hydrogen-bond donors (Lipinski definition) is 0. The van der Waals surface area contributed by atoms with Crippen molar-refractivity contribution in [1.82, 2.24) is 4.90 Å². The van der Waals surface area contributed by atoms with Gasteiger partial charge < -0.3 is 9.80 Å². The minimum Gasteiger partial charge on any atom is -0.367 e. The molecule has 0 spiro atoms. The minimum absolute atomic E-state index is 0.128. The zero-order valence-electron chi connectivity index (χ0n) is 17.0. The van der Waals surface area contributed by atoms with Gasteiger partial charge in [-0.2, -0.15) is 0 Å². The first kappa shape index (κ1) is 19.6. The molecule has 4 heteroatoms. The molecule has 0 aromatic heterocycles. The van der Waals surface area contributed by atoms with Gasteiger partial charge in [-0.3, -0.25) is 4.79 Å². The lowest BCUT2D eigenvalue weighted by molar-refractivity contribution is 0.0746. The third-order valence-electron chi connectivity index (χ3n) is 5.34. The summed E-state index contributed by atoms with van der Waals surface area (Å²) in [5.74, 6) is 0.128. The first-order valence-electron chi connectivity index (χ1n) is 10.1. The molecule has 0 atom stereocenters. The van der Waals surface area contributed by atoms with Crippen molar-refractivity contribution in [3.8, 4) is 0 Å². The predicted molar refractivity (Wildman–Crippen MR) is 121 cm³/mol. The SMILES string of the molecule is Cc1ccc(Sc2ccccc2N2CCN(C(=O)c3ccccc3)CC2)c(C)c1. The fourth-order valence-electron chi connectivity index (χ4n) is 3.75. The molecule has 1 amide bonds. The highest BCUT2D eigenvalue weighted by Crippen LogP contribution is 2.37. The summed E-state index contributed by atoms with van der Waals surface area (Å²) in [5.41, 5.74) is 4.62. The molecule has 1 heterocycles. The predicted octanol–water partition coefficient (Wildman–Crippen LogP) is 5.42. The van der Waals surface area contributed by atoms with Gasteiger partial charge in [-0.25, -0.2) is 0 Å². The monoisotopic (exact) mass is 402 g/mol. The topological polar surface area (TPSA) is 23.6 Å². The average Bonchev–Trinajstić information content (AvgIpc) is 2.76. The Hall–Kier alpha value is -2.72. The molecule has 1 aliphatic rings. The number of carbonyl (C=O) groups is 1. The molecule has 4 rings (SSSR count). The third-order valence-corrected chi connectivity index (χ3v) is 6.59. The van der Waals surface area contributed by atoms with Gasteiger partial charge in [0.25, 0.3) is 5.91 Å². The molecule has 3 nitrogen and oxygen atoms in total. The van der Waals surface area contributed by atoms with Gasteiger partial charge in [0.1, 0.15) is 0 Å². The van der Waals surface area contributed by atoms with Crippen molar-refractivity contribution < 1.29 is 4.79 Å². The molecular formula is C25H26N2OS. The maximum absolute atomic E-state index is 12.7. The zero-order valence-corrected chi connectivity index (χ0v) is 17.8. The van der Waals surface area contributed by atoms with E-state index in [4.69, 9.17) is 0 Å². The number of aryl methyl sites for hydroxylation is 2. The van der Waals surface area contributed by atoms with Crippen LogP contribution in [0.3, 0.4) is 0 Å². The van der Waals surface area contributed by atoms with Gasteiger partial charge in [0, 0.05) is 41.5 Å². The van der Waals surface area contributed by atoms with Crippen LogP contribution in [0, 0.1) is 13.8 Å². The number of rotatable bonds is 4. The van der Waals surface area contributed by atoms with Crippen molar-refractivity contribution in [3.63, 3.8) is 0 Å². The van der Waals surface area contributed by atoms with E-state index in [1.807, 2.05) is 47.0 Å². The van der Waals surface area contributed by atoms with Crippen LogP contribution in [0.25, 0.3) is 0 Å². The smallest absolute Gasteiger partial charge is 0.253 e. The molecule has 1 aliphatic heterocycles. The van der Waals surface area contributed by atoms with E-state index >= 15 is 0 Å². The van der Waals surface area contributed by atoms with Crippen LogP contribution in [0.1, 0.15) is 21.5 Å². The summed E-state index contributed by atoms with van der Waals surface area (Å²) in [4.78, 5) is 19.6. The van der Waals surface area contributed by atoms with Crippen LogP contribution in [0.4, 0.5) is 5.69 Å². The normalized spacial score (nSPS) is 14.1. The fourth-order valence-corrected chi connectivity index (χ4v) is 4.79. The van der Waals surface area contributed by atoms with E-state index in [1.54, 1.807) is 0 Å². The molecule has 0 aliphatic carbocycles. The first-order chi connectivity index (χ1) is 14.1. The number of carbonyl (C=O) groups excluding carboxylic acids is 1. The van der Waals surface area contributed by atoms with Crippen molar-refractivity contribution in [2.75, 3.05) is 31.1 Å². The Morgan fingerprint density at radius 1 is 0.793 bits per heavy atom. The molecule has 3 aromatic carbocycles. The summed E-state index contributed by atoms with van der Waals surface area (Å²) < 4.78 is 0. The highest BCUT2D eigenvalue weighted by atomic mass is 32.2. The molecule has 3 aromatic rings. The quantitative estimate of drug-likeness (QED) is 0.582. The highest BCUT2D eigenvalue weighted by Gasteiger charge is 2.23. The molecule has 148 valence electrons. The van der Waals surface area contributed by atoms with E-state index in [0.29, 0.717) is 0 Å². The second kappa shape index (κ2) is 8.75. The Kier molecular flexibility index (Phi) is 5.91. The average molecular weight is 403 g/mol. The van der Waals surface area contributed by atoms with Gasteiger partial charge in [-0.05, 0) is 49.7 Å². The Bertz CT molecular complexity index is 995. The minimum atomic E-state index is 0.128. The van der Waals surface area contributed by atoms with Gasteiger partial charge in [0.2, 0.25) is 0 Å². The molecule has 0 bridgehead atoms. The van der Waals surface area contributed by atoms with Crippen molar-refractivity contribution >= 4 is 23.4 Å². The lowest BCUT2D eigenvalue weighted by Gasteiger charge is -2.37. The summed E-state index contributed by atoms with van der Waals surface area (Å²) in [6.07, 6.45) is 0. The Morgan fingerprint density at radius 3 is 2.21 bits per heavy atom. The van der Waals surface area contributed by atoms with E-state index < -0.39 is 0 Å². The summed E-state index contributed by atoms with van der Waals surface area (Å²) in [5, 5.41) is 0. The Labute approximate surface area is 177 Å². The summed E-state index contributed by atoms with van der Waals surface area (Å²) in [7, 11) is 0. The highest BCUT2D eigenvalue weighted by molar-refractivity contribution is 7.99. The number of anilines is 1. The first-order valence-corrected chi connectivity index (χ1v) is 10.9. The summed E-state index contributed by atoms with van der Waals surface area (Å²) in [6, 6.07) is 24.8. The van der Waals surface area contributed by atoms with Crippen LogP contribution in [0.2, 0.25) is 0 Å². The second-order valence-electron chi connectivity index (χ2n) is 7.48. The summed E-state index contributed by atoms with van der Waals surface area (Å²) >= 11 is 1.82. The van der Waals surface area contributed by atoms with E-state index in [9.17, 15) is 4.79 Å². The van der Waals surface area contributed by atoms with E-state index in [0.717, 1.165) is 31.7 Å². The Balaban J connectivity index is 1.47. The Morgan fingerprint density at radius 2 is 1.48 bits per heavy atom. The van der Waals surface area contributed by atoms with Crippen molar-refractivity contribution in [2.45, 2.75) is 23.6 Å². The largest absolute Gasteiger partial charge is 0.367 e.